The second kappa shape index (κ2) is 8.59. The third-order valence-electron chi connectivity index (χ3n) is 3.33. The molecule has 2 aromatic heterocycles. The minimum absolute atomic E-state index is 0.0242. The first kappa shape index (κ1) is 21.0. The zero-order valence-corrected chi connectivity index (χ0v) is 15.6. The molecule has 0 aliphatic rings. The Morgan fingerprint density at radius 3 is 2.68 bits per heavy atom. The number of alkyl halides is 1. The number of carbonyl (C=O) groups is 2. The van der Waals surface area contributed by atoms with Crippen molar-refractivity contribution >= 4 is 17.9 Å². The van der Waals surface area contributed by atoms with E-state index in [9.17, 15) is 18.8 Å². The van der Waals surface area contributed by atoms with Crippen LogP contribution < -0.4 is 11.0 Å². The summed E-state index contributed by atoms with van der Waals surface area (Å²) < 4.78 is 21.4. The summed E-state index contributed by atoms with van der Waals surface area (Å²) in [5.74, 6) is -1.23. The molecule has 0 spiro atoms. The number of hydrogen-bond donors (Lipinski definition) is 2. The fourth-order valence-corrected chi connectivity index (χ4v) is 2.14. The smallest absolute Gasteiger partial charge is 0.413 e. The molecule has 152 valence electrons. The summed E-state index contributed by atoms with van der Waals surface area (Å²) in [6.07, 6.45) is 0.360. The van der Waals surface area contributed by atoms with E-state index in [0.29, 0.717) is 0 Å². The minimum atomic E-state index is -1.38. The fraction of sp³-hybridized carbons (Fsp3) is 0.500. The lowest BCUT2D eigenvalue weighted by atomic mass is 10.2. The van der Waals surface area contributed by atoms with E-state index < -0.39 is 29.5 Å². The number of rotatable bonds is 7. The molecule has 2 aromatic rings. The zero-order valence-electron chi connectivity index (χ0n) is 15.6. The minimum Gasteiger partial charge on any atom is -0.476 e. The summed E-state index contributed by atoms with van der Waals surface area (Å²) in [4.78, 5) is 38.1. The number of aromatic carboxylic acids is 1. The molecule has 0 aliphatic heterocycles. The van der Waals surface area contributed by atoms with Gasteiger partial charge in [-0.25, -0.2) is 23.5 Å². The van der Waals surface area contributed by atoms with Gasteiger partial charge in [-0.1, -0.05) is 5.21 Å². The van der Waals surface area contributed by atoms with Gasteiger partial charge in [-0.05, 0) is 33.3 Å². The third kappa shape index (κ3) is 6.45. The molecule has 0 saturated carbocycles. The van der Waals surface area contributed by atoms with Gasteiger partial charge in [-0.15, -0.1) is 5.10 Å². The number of amides is 1. The van der Waals surface area contributed by atoms with Gasteiger partial charge in [0.05, 0.1) is 12.7 Å². The van der Waals surface area contributed by atoms with E-state index in [1.54, 1.807) is 20.8 Å². The lowest BCUT2D eigenvalue weighted by Gasteiger charge is -2.19. The molecule has 0 saturated heterocycles. The highest BCUT2D eigenvalue weighted by atomic mass is 19.1. The molecule has 0 aromatic carbocycles. The number of carboxylic acid groups (broad SMARTS) is 1. The second-order valence-electron chi connectivity index (χ2n) is 6.93. The summed E-state index contributed by atoms with van der Waals surface area (Å²) in [7, 11) is 0. The van der Waals surface area contributed by atoms with E-state index in [2.05, 4.69) is 20.6 Å². The van der Waals surface area contributed by atoms with Crippen LogP contribution >= 0.6 is 0 Å². The third-order valence-corrected chi connectivity index (χ3v) is 3.33. The molecule has 0 aliphatic carbocycles. The van der Waals surface area contributed by atoms with Crippen LogP contribution in [0.3, 0.4) is 0 Å². The average molecular weight is 396 g/mol. The first-order valence-electron chi connectivity index (χ1n) is 8.38. The molecular formula is C16H21FN6O5. The van der Waals surface area contributed by atoms with E-state index >= 15 is 0 Å². The molecule has 1 unspecified atom stereocenters. The molecule has 2 heterocycles. The Morgan fingerprint density at radius 1 is 1.39 bits per heavy atom. The van der Waals surface area contributed by atoms with Crippen molar-refractivity contribution in [1.29, 1.82) is 0 Å². The van der Waals surface area contributed by atoms with Gasteiger partial charge in [0.15, 0.2) is 5.69 Å². The Bertz CT molecular complexity index is 903. The highest BCUT2D eigenvalue weighted by Gasteiger charge is 2.17. The number of nitrogens with zero attached hydrogens (tertiary/aromatic N) is 5. The van der Waals surface area contributed by atoms with Gasteiger partial charge in [0.2, 0.25) is 0 Å². The SMILES string of the molecule is CC(C)(C)OC(=O)Nc1ccn(CCC(F)Cn2cc(C(=O)O)nn2)c(=O)n1. The molecule has 2 N–H and O–H groups in total. The number of aryl methyl sites for hydroxylation is 1. The first-order valence-corrected chi connectivity index (χ1v) is 8.38. The molecule has 0 fully saturated rings. The Hall–Kier alpha value is -3.31. The summed E-state index contributed by atoms with van der Waals surface area (Å²) >= 11 is 0. The van der Waals surface area contributed by atoms with Crippen molar-refractivity contribution in [2.24, 2.45) is 0 Å². The molecule has 1 atom stereocenters. The van der Waals surface area contributed by atoms with Crippen molar-refractivity contribution in [3.05, 3.63) is 34.6 Å². The number of ether oxygens (including phenoxy) is 1. The van der Waals surface area contributed by atoms with Gasteiger partial charge in [-0.3, -0.25) is 9.88 Å². The van der Waals surface area contributed by atoms with Crippen LogP contribution in [0, 0.1) is 0 Å². The molecule has 11 nitrogen and oxygen atoms in total. The predicted octanol–water partition coefficient (Wildman–Crippen LogP) is 1.31. The van der Waals surface area contributed by atoms with Crippen LogP contribution in [0.2, 0.25) is 0 Å². The van der Waals surface area contributed by atoms with Crippen molar-refractivity contribution in [3.8, 4) is 0 Å². The average Bonchev–Trinajstić information content (AvgIpc) is 3.01. The lowest BCUT2D eigenvalue weighted by Crippen LogP contribution is -2.29. The highest BCUT2D eigenvalue weighted by molar-refractivity contribution is 5.84. The summed E-state index contributed by atoms with van der Waals surface area (Å²) in [6, 6.07) is 1.40. The maximum absolute atomic E-state index is 14.1. The summed E-state index contributed by atoms with van der Waals surface area (Å²) in [6.45, 7) is 4.95. The monoisotopic (exact) mass is 396 g/mol. The normalized spacial score (nSPS) is 12.4. The standard InChI is InChI=1S/C16H21FN6O5/c1-16(2,3)28-15(27)19-12-5-7-22(14(26)18-12)6-4-10(17)8-23-9-11(13(24)25)20-21-23/h5,7,9-10H,4,6,8H2,1-3H3,(H,24,25)(H,18,19,26,27). The van der Waals surface area contributed by atoms with Gasteiger partial charge in [0.25, 0.3) is 0 Å². The van der Waals surface area contributed by atoms with Gasteiger partial charge < -0.3 is 9.84 Å². The van der Waals surface area contributed by atoms with Gasteiger partial charge in [-0.2, -0.15) is 4.98 Å². The van der Waals surface area contributed by atoms with Gasteiger partial charge in [0.1, 0.15) is 17.6 Å². The predicted molar refractivity (Wildman–Crippen MR) is 94.8 cm³/mol. The Balaban J connectivity index is 1.89. The van der Waals surface area contributed by atoms with Crippen LogP contribution in [0.25, 0.3) is 0 Å². The van der Waals surface area contributed by atoms with E-state index in [1.807, 2.05) is 0 Å². The molecule has 0 bridgehead atoms. The van der Waals surface area contributed by atoms with E-state index in [4.69, 9.17) is 9.84 Å². The number of carboxylic acids is 1. The highest BCUT2D eigenvalue weighted by Crippen LogP contribution is 2.09. The number of aromatic nitrogens is 5. The largest absolute Gasteiger partial charge is 0.476 e. The van der Waals surface area contributed by atoms with E-state index in [0.717, 1.165) is 10.9 Å². The summed E-state index contributed by atoms with van der Waals surface area (Å²) in [5, 5.41) is 18.0. The first-order chi connectivity index (χ1) is 13.0. The second-order valence-corrected chi connectivity index (χ2v) is 6.93. The molecular weight excluding hydrogens is 375 g/mol. The van der Waals surface area contributed by atoms with Crippen molar-refractivity contribution in [2.45, 2.75) is 52.1 Å². The van der Waals surface area contributed by atoms with Crippen LogP contribution in [0.15, 0.2) is 23.3 Å². The van der Waals surface area contributed by atoms with Crippen LogP contribution in [-0.2, 0) is 17.8 Å². The van der Waals surface area contributed by atoms with E-state index in [-0.39, 0.29) is 31.0 Å². The van der Waals surface area contributed by atoms with Crippen LogP contribution in [-0.4, -0.2) is 53.5 Å². The van der Waals surface area contributed by atoms with Crippen molar-refractivity contribution in [2.75, 3.05) is 5.32 Å². The van der Waals surface area contributed by atoms with Crippen molar-refractivity contribution in [3.63, 3.8) is 0 Å². The van der Waals surface area contributed by atoms with Gasteiger partial charge in [0, 0.05) is 12.7 Å². The number of hydrogen-bond acceptors (Lipinski definition) is 7. The molecule has 28 heavy (non-hydrogen) atoms. The van der Waals surface area contributed by atoms with Gasteiger partial charge >= 0.3 is 17.8 Å². The van der Waals surface area contributed by atoms with Crippen LogP contribution in [0.4, 0.5) is 15.0 Å². The number of halogens is 1. The van der Waals surface area contributed by atoms with E-state index in [1.165, 1.54) is 16.8 Å². The maximum atomic E-state index is 14.1. The van der Waals surface area contributed by atoms with Crippen LogP contribution in [0.1, 0.15) is 37.7 Å². The molecule has 1 amide bonds. The fourth-order valence-electron chi connectivity index (χ4n) is 2.14. The Labute approximate surface area is 159 Å². The number of nitrogens with one attached hydrogen (secondary N) is 1. The number of anilines is 1. The van der Waals surface area contributed by atoms with Crippen LogP contribution in [0.5, 0.6) is 0 Å². The molecule has 12 heteroatoms. The number of carbonyl (C=O) groups excluding carboxylic acids is 1. The topological polar surface area (TPSA) is 141 Å². The van der Waals surface area contributed by atoms with Crippen molar-refractivity contribution in [1.82, 2.24) is 24.5 Å². The Kier molecular flexibility index (Phi) is 6.44. The maximum Gasteiger partial charge on any atom is 0.413 e. The quantitative estimate of drug-likeness (QED) is 0.713. The summed E-state index contributed by atoms with van der Waals surface area (Å²) in [5.41, 5.74) is -1.62. The lowest BCUT2D eigenvalue weighted by molar-refractivity contribution is 0.0633. The molecule has 2 rings (SSSR count). The Morgan fingerprint density at radius 2 is 2.11 bits per heavy atom. The van der Waals surface area contributed by atoms with Crippen molar-refractivity contribution < 1.29 is 23.8 Å². The zero-order chi connectivity index (χ0) is 20.9. The molecule has 0 radical (unpaired) electrons.